The Morgan fingerprint density at radius 2 is 1.49 bits per heavy atom. The number of hydrogen-bond acceptors (Lipinski definition) is 15. The van der Waals surface area contributed by atoms with Gasteiger partial charge in [-0.3, -0.25) is 4.79 Å². The van der Waals surface area contributed by atoms with Crippen molar-refractivity contribution in [3.63, 3.8) is 0 Å². The Morgan fingerprint density at radius 3 is 2.04 bits per heavy atom. The number of carbonyl (C=O) groups excluding carboxylic acids is 1. The number of hydrogen-bond donors (Lipinski definition) is 6. The standard InChI is InChI=1S/C38H72N2O13/c1-15-25-38(10,47)31(43)22(5)40(13)18-19(2)16-36(8,46)33(53-35-29(42)27(39(11)12)28(41)23(6)50-35)20(3)30(21(4)34(45)51-25)52-26-17-37(9,48-14)32(44)24(7)49-26/h19-33,35,41-44,46-47H,15-18H2,1-14H3. The van der Waals surface area contributed by atoms with Gasteiger partial charge in [0.25, 0.3) is 0 Å². The van der Waals surface area contributed by atoms with Crippen molar-refractivity contribution in [1.29, 1.82) is 0 Å². The predicted molar refractivity (Wildman–Crippen MR) is 196 cm³/mol. The van der Waals surface area contributed by atoms with Crippen LogP contribution in [-0.4, -0.2) is 178 Å². The molecule has 53 heavy (non-hydrogen) atoms. The second-order valence-electron chi connectivity index (χ2n) is 17.2. The van der Waals surface area contributed by atoms with Crippen molar-refractivity contribution < 1.29 is 63.9 Å². The van der Waals surface area contributed by atoms with E-state index in [4.69, 9.17) is 28.4 Å². The minimum absolute atomic E-state index is 0.103. The molecule has 0 amide bonds. The first kappa shape index (κ1) is 46.3. The molecule has 0 aromatic heterocycles. The summed E-state index contributed by atoms with van der Waals surface area (Å²) in [6.45, 7) is 17.5. The maximum absolute atomic E-state index is 14.2. The van der Waals surface area contributed by atoms with Gasteiger partial charge in [0.1, 0.15) is 30.0 Å². The van der Waals surface area contributed by atoms with E-state index < -0.39 is 114 Å². The fraction of sp³-hybridized carbons (Fsp3) is 0.974. The third-order valence-electron chi connectivity index (χ3n) is 12.3. The van der Waals surface area contributed by atoms with Gasteiger partial charge in [-0.25, -0.2) is 0 Å². The summed E-state index contributed by atoms with van der Waals surface area (Å²) < 4.78 is 37.3. The zero-order valence-corrected chi connectivity index (χ0v) is 34.5. The Kier molecular flexibility index (Phi) is 15.8. The molecule has 3 fully saturated rings. The second-order valence-corrected chi connectivity index (χ2v) is 17.2. The van der Waals surface area contributed by atoms with Crippen LogP contribution in [-0.2, 0) is 33.2 Å². The maximum atomic E-state index is 14.2. The molecular weight excluding hydrogens is 692 g/mol. The molecule has 0 spiro atoms. The van der Waals surface area contributed by atoms with Crippen LogP contribution in [0.5, 0.6) is 0 Å². The van der Waals surface area contributed by atoms with Gasteiger partial charge in [-0.1, -0.05) is 20.8 Å². The molecule has 3 saturated heterocycles. The van der Waals surface area contributed by atoms with Crippen LogP contribution in [0.3, 0.4) is 0 Å². The molecule has 3 heterocycles. The molecule has 6 N–H and O–H groups in total. The molecule has 0 aliphatic carbocycles. The van der Waals surface area contributed by atoms with E-state index in [1.165, 1.54) is 14.0 Å². The summed E-state index contributed by atoms with van der Waals surface area (Å²) in [6.07, 6.45) is -11.1. The summed E-state index contributed by atoms with van der Waals surface area (Å²) in [7, 11) is 6.78. The number of ether oxygens (including phenoxy) is 6. The molecule has 0 bridgehead atoms. The number of likely N-dealkylation sites (N-methyl/N-ethyl adjacent to an activating group) is 2. The highest BCUT2D eigenvalue weighted by Gasteiger charge is 2.53. The molecule has 15 heteroatoms. The first-order chi connectivity index (χ1) is 24.3. The zero-order chi connectivity index (χ0) is 40.5. The van der Waals surface area contributed by atoms with Crippen molar-refractivity contribution >= 4 is 5.97 Å². The van der Waals surface area contributed by atoms with Crippen molar-refractivity contribution in [2.24, 2.45) is 17.8 Å². The van der Waals surface area contributed by atoms with E-state index in [0.717, 1.165) is 0 Å². The maximum Gasteiger partial charge on any atom is 0.311 e. The Morgan fingerprint density at radius 1 is 0.887 bits per heavy atom. The van der Waals surface area contributed by atoms with E-state index in [2.05, 4.69) is 0 Å². The molecule has 0 aromatic carbocycles. The number of nitrogens with zero attached hydrogens (tertiary/aromatic N) is 2. The van der Waals surface area contributed by atoms with Gasteiger partial charge in [0.05, 0.1) is 53.7 Å². The van der Waals surface area contributed by atoms with Crippen LogP contribution < -0.4 is 0 Å². The number of rotatable bonds is 7. The lowest BCUT2D eigenvalue weighted by molar-refractivity contribution is -0.327. The molecule has 15 nitrogen and oxygen atoms in total. The third-order valence-corrected chi connectivity index (χ3v) is 12.3. The molecule has 0 saturated carbocycles. The van der Waals surface area contributed by atoms with Crippen LogP contribution >= 0.6 is 0 Å². The van der Waals surface area contributed by atoms with E-state index in [-0.39, 0.29) is 25.2 Å². The van der Waals surface area contributed by atoms with Crippen molar-refractivity contribution in [2.45, 2.75) is 185 Å². The highest BCUT2D eigenvalue weighted by Crippen LogP contribution is 2.40. The number of aliphatic hydroxyl groups excluding tert-OH is 4. The monoisotopic (exact) mass is 765 g/mol. The van der Waals surface area contributed by atoms with E-state index in [9.17, 15) is 35.4 Å². The number of esters is 1. The van der Waals surface area contributed by atoms with Crippen molar-refractivity contribution in [3.8, 4) is 0 Å². The molecule has 19 atom stereocenters. The number of aliphatic hydroxyl groups is 6. The summed E-state index contributed by atoms with van der Waals surface area (Å²) in [5.41, 5.74) is -4.50. The van der Waals surface area contributed by atoms with E-state index in [1.54, 1.807) is 74.4 Å². The van der Waals surface area contributed by atoms with Crippen LogP contribution in [0.15, 0.2) is 0 Å². The summed E-state index contributed by atoms with van der Waals surface area (Å²) in [4.78, 5) is 17.8. The van der Waals surface area contributed by atoms with Gasteiger partial charge in [0, 0.05) is 32.0 Å². The van der Waals surface area contributed by atoms with E-state index >= 15 is 0 Å². The minimum Gasteiger partial charge on any atom is -0.459 e. The lowest BCUT2D eigenvalue weighted by Crippen LogP contribution is -2.64. The highest BCUT2D eigenvalue weighted by atomic mass is 16.7. The fourth-order valence-corrected chi connectivity index (χ4v) is 8.82. The number of carbonyl (C=O) groups is 1. The van der Waals surface area contributed by atoms with Crippen LogP contribution in [0.4, 0.5) is 0 Å². The predicted octanol–water partition coefficient (Wildman–Crippen LogP) is 0.872. The smallest absolute Gasteiger partial charge is 0.311 e. The van der Waals surface area contributed by atoms with Crippen LogP contribution in [0.1, 0.15) is 88.5 Å². The van der Waals surface area contributed by atoms with Crippen molar-refractivity contribution in [2.75, 3.05) is 34.8 Å². The summed E-state index contributed by atoms with van der Waals surface area (Å²) >= 11 is 0. The minimum atomic E-state index is -1.82. The van der Waals surface area contributed by atoms with Crippen LogP contribution in [0.25, 0.3) is 0 Å². The average molecular weight is 765 g/mol. The average Bonchev–Trinajstić information content (AvgIpc) is 3.06. The topological polar surface area (TPSA) is 200 Å². The summed E-state index contributed by atoms with van der Waals surface area (Å²) in [6, 6.07) is -1.31. The molecule has 3 aliphatic heterocycles. The van der Waals surface area contributed by atoms with Gasteiger partial charge in [-0.05, 0) is 88.4 Å². The number of methoxy groups -OCH3 is 1. The zero-order valence-electron chi connectivity index (χ0n) is 34.5. The summed E-state index contributed by atoms with van der Waals surface area (Å²) in [5.74, 6) is -2.78. The van der Waals surface area contributed by atoms with Gasteiger partial charge >= 0.3 is 5.97 Å². The van der Waals surface area contributed by atoms with Gasteiger partial charge < -0.3 is 68.9 Å². The molecule has 3 rings (SSSR count). The quantitative estimate of drug-likeness (QED) is 0.200. The first-order valence-corrected chi connectivity index (χ1v) is 19.3. The van der Waals surface area contributed by atoms with Gasteiger partial charge in [-0.15, -0.1) is 0 Å². The third kappa shape index (κ3) is 10.1. The molecule has 0 radical (unpaired) electrons. The van der Waals surface area contributed by atoms with E-state index in [1.807, 2.05) is 18.9 Å². The Labute approximate surface area is 316 Å². The van der Waals surface area contributed by atoms with Crippen LogP contribution in [0.2, 0.25) is 0 Å². The van der Waals surface area contributed by atoms with Gasteiger partial charge in [0.15, 0.2) is 12.6 Å². The van der Waals surface area contributed by atoms with Gasteiger partial charge in [-0.2, -0.15) is 0 Å². The highest BCUT2D eigenvalue weighted by molar-refractivity contribution is 5.73. The number of cyclic esters (lactones) is 1. The summed E-state index contributed by atoms with van der Waals surface area (Å²) in [5, 5.41) is 69.1. The van der Waals surface area contributed by atoms with E-state index in [0.29, 0.717) is 6.54 Å². The molecular formula is C38H72N2O13. The Hall–Kier alpha value is -1.05. The van der Waals surface area contributed by atoms with Crippen molar-refractivity contribution in [3.05, 3.63) is 0 Å². The van der Waals surface area contributed by atoms with Crippen molar-refractivity contribution in [1.82, 2.24) is 9.80 Å². The Bertz CT molecular complexity index is 1180. The van der Waals surface area contributed by atoms with Crippen LogP contribution in [0, 0.1) is 17.8 Å². The molecule has 0 aromatic rings. The fourth-order valence-electron chi connectivity index (χ4n) is 8.82. The van der Waals surface area contributed by atoms with Gasteiger partial charge in [0.2, 0.25) is 0 Å². The largest absolute Gasteiger partial charge is 0.459 e. The SMILES string of the molecule is CCC1OC(=O)C(C)C(OC2CC(C)(OC)C(O)C(C)O2)C(C)C(OC2OC(C)C(O)C(N(C)C)C2O)C(C)(O)CC(C)CN(C)C(C)C(O)C1(C)O. The molecule has 312 valence electrons. The second kappa shape index (κ2) is 18.0. The Balaban J connectivity index is 2.19. The lowest BCUT2D eigenvalue weighted by atomic mass is 9.77. The molecule has 19 unspecified atom stereocenters. The first-order valence-electron chi connectivity index (χ1n) is 19.3. The normalized spacial score (nSPS) is 50.3. The lowest BCUT2D eigenvalue weighted by Gasteiger charge is -2.49. The molecule has 3 aliphatic rings.